The number of hydrogen-bond donors (Lipinski definition) is 2. The molecule has 0 saturated heterocycles. The van der Waals surface area contributed by atoms with Crippen LogP contribution in [0.1, 0.15) is 88.7 Å². The Morgan fingerprint density at radius 3 is 1.52 bits per heavy atom. The molecule has 44 heavy (non-hydrogen) atoms. The molecule has 230 valence electrons. The fourth-order valence-electron chi connectivity index (χ4n) is 7.90. The number of benzene rings is 4. The van der Waals surface area contributed by atoms with E-state index >= 15 is 0 Å². The molecule has 0 aromatic heterocycles. The van der Waals surface area contributed by atoms with Crippen LogP contribution in [0.25, 0.3) is 0 Å². The van der Waals surface area contributed by atoms with Crippen molar-refractivity contribution in [3.63, 3.8) is 0 Å². The minimum absolute atomic E-state index is 0.0275. The third kappa shape index (κ3) is 7.07. The van der Waals surface area contributed by atoms with E-state index in [1.165, 1.54) is 68.9 Å². The monoisotopic (exact) mass is 588 g/mol. The Balaban J connectivity index is 1.21. The van der Waals surface area contributed by atoms with Gasteiger partial charge in [0.25, 0.3) is 0 Å². The van der Waals surface area contributed by atoms with Gasteiger partial charge in [0.2, 0.25) is 0 Å². The van der Waals surface area contributed by atoms with Crippen molar-refractivity contribution in [2.24, 2.45) is 17.8 Å². The Hall–Kier alpha value is -3.92. The van der Waals surface area contributed by atoms with E-state index in [-0.39, 0.29) is 5.41 Å². The molecule has 0 spiro atoms. The summed E-state index contributed by atoms with van der Waals surface area (Å²) in [6, 6.07) is 32.8. The van der Waals surface area contributed by atoms with Crippen molar-refractivity contribution >= 4 is 11.4 Å². The highest BCUT2D eigenvalue weighted by molar-refractivity contribution is 5.48. The molecule has 6 rings (SSSR count). The molecular weight excluding hydrogens is 540 g/mol. The van der Waals surface area contributed by atoms with Gasteiger partial charge in [-0.2, -0.15) is 0 Å². The highest BCUT2D eigenvalue weighted by atomic mass is 16.5. The summed E-state index contributed by atoms with van der Waals surface area (Å²) in [5.74, 6) is 5.88. The second-order valence-electron chi connectivity index (χ2n) is 13.2. The Morgan fingerprint density at radius 2 is 1.07 bits per heavy atom. The quantitative estimate of drug-likeness (QED) is 0.181. The van der Waals surface area contributed by atoms with Crippen molar-refractivity contribution in [3.8, 4) is 23.0 Å². The highest BCUT2D eigenvalue weighted by Crippen LogP contribution is 2.51. The molecule has 4 aromatic rings. The number of rotatable bonds is 10. The van der Waals surface area contributed by atoms with E-state index in [4.69, 9.17) is 20.9 Å². The largest absolute Gasteiger partial charge is 0.457 e. The van der Waals surface area contributed by atoms with Crippen LogP contribution in [0.3, 0.4) is 0 Å². The van der Waals surface area contributed by atoms with Gasteiger partial charge in [-0.25, -0.2) is 0 Å². The van der Waals surface area contributed by atoms with Gasteiger partial charge in [-0.1, -0.05) is 75.4 Å². The second-order valence-corrected chi connectivity index (χ2v) is 13.2. The van der Waals surface area contributed by atoms with Gasteiger partial charge in [-0.05, 0) is 116 Å². The summed E-state index contributed by atoms with van der Waals surface area (Å²) in [5, 5.41) is 0. The van der Waals surface area contributed by atoms with Gasteiger partial charge >= 0.3 is 0 Å². The molecule has 2 aliphatic rings. The number of anilines is 2. The minimum atomic E-state index is -0.0275. The zero-order valence-corrected chi connectivity index (χ0v) is 26.2. The van der Waals surface area contributed by atoms with Crippen molar-refractivity contribution < 1.29 is 9.47 Å². The lowest BCUT2D eigenvalue weighted by Gasteiger charge is -2.44. The van der Waals surface area contributed by atoms with Crippen molar-refractivity contribution in [2.45, 2.75) is 83.0 Å². The van der Waals surface area contributed by atoms with Crippen molar-refractivity contribution in [1.82, 2.24) is 0 Å². The first kappa shape index (κ1) is 30.1. The molecule has 2 fully saturated rings. The molecule has 0 atom stereocenters. The van der Waals surface area contributed by atoms with E-state index in [2.05, 4.69) is 55.5 Å². The molecule has 4 heteroatoms. The van der Waals surface area contributed by atoms with Crippen LogP contribution in [0.2, 0.25) is 0 Å². The van der Waals surface area contributed by atoms with Crippen LogP contribution in [0, 0.1) is 17.8 Å². The Bertz CT molecular complexity index is 1390. The van der Waals surface area contributed by atoms with Crippen molar-refractivity contribution in [3.05, 3.63) is 108 Å². The van der Waals surface area contributed by atoms with E-state index in [1.54, 1.807) is 0 Å². The molecule has 4 aromatic carbocycles. The van der Waals surface area contributed by atoms with Crippen molar-refractivity contribution in [1.29, 1.82) is 0 Å². The minimum Gasteiger partial charge on any atom is -0.457 e. The maximum Gasteiger partial charge on any atom is 0.129 e. The Kier molecular flexibility index (Phi) is 9.45. The van der Waals surface area contributed by atoms with Crippen LogP contribution in [0.4, 0.5) is 11.4 Å². The van der Waals surface area contributed by atoms with E-state index in [9.17, 15) is 0 Å². The maximum absolute atomic E-state index is 6.14. The number of nitrogens with two attached hydrogens (primary N) is 2. The van der Waals surface area contributed by atoms with Gasteiger partial charge in [0.15, 0.2) is 0 Å². The summed E-state index contributed by atoms with van der Waals surface area (Å²) in [4.78, 5) is 0. The molecule has 0 bridgehead atoms. The average Bonchev–Trinajstić information content (AvgIpc) is 3.05. The SMILES string of the molecule is CCCC[C@H]1CC[C@@H](C2CCC(c3ccc(Oc4cccc(N)c4)cc3)(c3ccc(Oc4cccc(N)c4)cc3)CC2)CC1. The fraction of sp³-hybridized carbons (Fsp3) is 0.400. The first-order valence-corrected chi connectivity index (χ1v) is 16.8. The predicted octanol–water partition coefficient (Wildman–Crippen LogP) is 10.9. The Labute approximate surface area is 263 Å². The highest BCUT2D eigenvalue weighted by Gasteiger charge is 2.41. The standard InChI is InChI=1S/C40H48N2O2/c1-2-3-6-29-11-13-30(14-12-29)31-23-25-40(26-24-31,32-15-19-36(20-16-32)43-38-9-4-7-34(41)27-38)33-17-21-37(22-18-33)44-39-10-5-8-35(42)28-39/h4-5,7-10,15-22,27-31H,2-3,6,11-14,23-26,41-42H2,1H3/t29-,30+. The molecule has 0 amide bonds. The van der Waals surface area contributed by atoms with Crippen LogP contribution in [-0.4, -0.2) is 0 Å². The van der Waals surface area contributed by atoms with Gasteiger partial charge in [0.05, 0.1) is 0 Å². The van der Waals surface area contributed by atoms with E-state index in [0.29, 0.717) is 11.4 Å². The Morgan fingerprint density at radius 1 is 0.591 bits per heavy atom. The lowest BCUT2D eigenvalue weighted by molar-refractivity contribution is 0.140. The molecular formula is C40H48N2O2. The normalized spacial score (nSPS) is 20.2. The summed E-state index contributed by atoms with van der Waals surface area (Å²) in [6.45, 7) is 2.32. The van der Waals surface area contributed by atoms with Gasteiger partial charge in [0.1, 0.15) is 23.0 Å². The molecule has 2 aliphatic carbocycles. The molecule has 0 radical (unpaired) electrons. The van der Waals surface area contributed by atoms with Crippen LogP contribution >= 0.6 is 0 Å². The first-order valence-electron chi connectivity index (χ1n) is 16.8. The number of unbranched alkanes of at least 4 members (excludes halogenated alkanes) is 1. The third-order valence-electron chi connectivity index (χ3n) is 10.4. The smallest absolute Gasteiger partial charge is 0.129 e. The molecule has 0 unspecified atom stereocenters. The van der Waals surface area contributed by atoms with Gasteiger partial charge in [-0.15, -0.1) is 0 Å². The molecule has 0 heterocycles. The van der Waals surface area contributed by atoms with E-state index < -0.39 is 0 Å². The van der Waals surface area contributed by atoms with E-state index in [0.717, 1.165) is 53.6 Å². The average molecular weight is 589 g/mol. The second kappa shape index (κ2) is 13.8. The van der Waals surface area contributed by atoms with Gasteiger partial charge < -0.3 is 20.9 Å². The first-order chi connectivity index (χ1) is 21.5. The summed E-state index contributed by atoms with van der Waals surface area (Å²) >= 11 is 0. The lowest BCUT2D eigenvalue weighted by Crippen LogP contribution is -2.35. The van der Waals surface area contributed by atoms with E-state index in [1.807, 2.05) is 48.5 Å². The van der Waals surface area contributed by atoms with Crippen LogP contribution in [0.15, 0.2) is 97.1 Å². The molecule has 4 N–H and O–H groups in total. The molecule has 0 aliphatic heterocycles. The number of hydrogen-bond acceptors (Lipinski definition) is 4. The fourth-order valence-corrected chi connectivity index (χ4v) is 7.90. The number of ether oxygens (including phenoxy) is 2. The molecule has 4 nitrogen and oxygen atoms in total. The van der Waals surface area contributed by atoms with Crippen LogP contribution in [0.5, 0.6) is 23.0 Å². The van der Waals surface area contributed by atoms with Gasteiger partial charge in [-0.3, -0.25) is 0 Å². The zero-order valence-electron chi connectivity index (χ0n) is 26.2. The third-order valence-corrected chi connectivity index (χ3v) is 10.4. The van der Waals surface area contributed by atoms with Crippen molar-refractivity contribution in [2.75, 3.05) is 11.5 Å². The summed E-state index contributed by atoms with van der Waals surface area (Å²) in [7, 11) is 0. The summed E-state index contributed by atoms with van der Waals surface area (Å²) in [6.07, 6.45) is 14.8. The summed E-state index contributed by atoms with van der Waals surface area (Å²) in [5.41, 5.74) is 16.0. The summed E-state index contributed by atoms with van der Waals surface area (Å²) < 4.78 is 12.3. The topological polar surface area (TPSA) is 70.5 Å². The lowest BCUT2D eigenvalue weighted by atomic mass is 9.60. The number of nitrogen functional groups attached to an aromatic ring is 2. The van der Waals surface area contributed by atoms with Crippen LogP contribution in [-0.2, 0) is 5.41 Å². The maximum atomic E-state index is 6.14. The predicted molar refractivity (Wildman–Crippen MR) is 182 cm³/mol. The zero-order chi connectivity index (χ0) is 30.4. The van der Waals surface area contributed by atoms with Crippen LogP contribution < -0.4 is 20.9 Å². The van der Waals surface area contributed by atoms with Gasteiger partial charge in [0, 0.05) is 28.9 Å². The molecule has 2 saturated carbocycles.